The first-order valence-corrected chi connectivity index (χ1v) is 7.71. The molecule has 1 aromatic carbocycles. The molecule has 1 aliphatic carbocycles. The van der Waals surface area contributed by atoms with Crippen LogP contribution < -0.4 is 5.43 Å². The van der Waals surface area contributed by atoms with Gasteiger partial charge in [0.15, 0.2) is 11.5 Å². The predicted octanol–water partition coefficient (Wildman–Crippen LogP) is 3.26. The maximum absolute atomic E-state index is 4.58. The van der Waals surface area contributed by atoms with Gasteiger partial charge in [-0.05, 0) is 31.6 Å². The van der Waals surface area contributed by atoms with E-state index < -0.39 is 0 Å². The van der Waals surface area contributed by atoms with Crippen molar-refractivity contribution in [2.75, 3.05) is 5.43 Å². The van der Waals surface area contributed by atoms with E-state index in [9.17, 15) is 0 Å². The molecule has 0 saturated heterocycles. The van der Waals surface area contributed by atoms with Crippen LogP contribution in [0.25, 0.3) is 16.4 Å². The number of benzene rings is 1. The molecule has 1 saturated carbocycles. The van der Waals surface area contributed by atoms with E-state index in [0.29, 0.717) is 0 Å². The average molecular weight is 294 g/mol. The Labute approximate surface area is 128 Å². The van der Waals surface area contributed by atoms with Gasteiger partial charge in [-0.2, -0.15) is 9.62 Å². The van der Waals surface area contributed by atoms with E-state index in [4.69, 9.17) is 0 Å². The van der Waals surface area contributed by atoms with Crippen molar-refractivity contribution in [3.63, 3.8) is 0 Å². The monoisotopic (exact) mass is 294 g/mol. The van der Waals surface area contributed by atoms with Gasteiger partial charge in [0.2, 0.25) is 0 Å². The van der Waals surface area contributed by atoms with Crippen molar-refractivity contribution in [3.8, 4) is 0 Å². The van der Waals surface area contributed by atoms with Crippen LogP contribution in [0.5, 0.6) is 0 Å². The second-order valence-electron chi connectivity index (χ2n) is 5.97. The van der Waals surface area contributed by atoms with Gasteiger partial charge in [-0.15, -0.1) is 15.3 Å². The molecule has 4 rings (SSSR count). The first kappa shape index (κ1) is 13.2. The minimum Gasteiger partial charge on any atom is -0.259 e. The highest BCUT2D eigenvalue weighted by Gasteiger charge is 2.14. The molecule has 2 heterocycles. The van der Waals surface area contributed by atoms with Gasteiger partial charge in [-0.25, -0.2) is 0 Å². The molecular weight excluding hydrogens is 276 g/mol. The molecule has 6 heteroatoms. The van der Waals surface area contributed by atoms with Crippen molar-refractivity contribution < 1.29 is 0 Å². The lowest BCUT2D eigenvalue weighted by molar-refractivity contribution is 0.483. The summed E-state index contributed by atoms with van der Waals surface area (Å²) >= 11 is 0. The lowest BCUT2D eigenvalue weighted by Crippen LogP contribution is -2.13. The van der Waals surface area contributed by atoms with Gasteiger partial charge in [0.25, 0.3) is 0 Å². The third kappa shape index (κ3) is 2.30. The second-order valence-corrected chi connectivity index (χ2v) is 5.97. The van der Waals surface area contributed by atoms with Crippen LogP contribution in [0.4, 0.5) is 5.82 Å². The first-order valence-electron chi connectivity index (χ1n) is 7.71. The Bertz CT molecular complexity index is 840. The quantitative estimate of drug-likeness (QED) is 0.737. The van der Waals surface area contributed by atoms with E-state index >= 15 is 0 Å². The maximum atomic E-state index is 4.58. The van der Waals surface area contributed by atoms with Crippen LogP contribution in [0.2, 0.25) is 0 Å². The van der Waals surface area contributed by atoms with Crippen molar-refractivity contribution in [3.05, 3.63) is 30.6 Å². The fourth-order valence-corrected chi connectivity index (χ4v) is 2.95. The van der Waals surface area contributed by atoms with Gasteiger partial charge in [0.05, 0.1) is 0 Å². The number of hydrogen-bond donors (Lipinski definition) is 1. The van der Waals surface area contributed by atoms with E-state index in [2.05, 4.69) is 32.7 Å². The summed E-state index contributed by atoms with van der Waals surface area (Å²) < 4.78 is 1.69. The van der Waals surface area contributed by atoms with Crippen LogP contribution in [0, 0.1) is 5.92 Å². The predicted molar refractivity (Wildman–Crippen MR) is 87.0 cm³/mol. The summed E-state index contributed by atoms with van der Waals surface area (Å²) in [6, 6.07) is 8.05. The Morgan fingerprint density at radius 2 is 1.95 bits per heavy atom. The number of nitrogens with zero attached hydrogens (tertiary/aromatic N) is 5. The highest BCUT2D eigenvalue weighted by molar-refractivity contribution is 6.00. The third-order valence-corrected chi connectivity index (χ3v) is 4.33. The summed E-state index contributed by atoms with van der Waals surface area (Å²) in [4.78, 5) is 0. The Morgan fingerprint density at radius 3 is 2.77 bits per heavy atom. The zero-order valence-electron chi connectivity index (χ0n) is 12.5. The molecule has 0 atom stereocenters. The second kappa shape index (κ2) is 5.36. The lowest BCUT2D eigenvalue weighted by Gasteiger charge is -2.19. The molecule has 1 aliphatic rings. The minimum absolute atomic E-state index is 0.744. The van der Waals surface area contributed by atoms with Gasteiger partial charge in [-0.1, -0.05) is 31.2 Å². The summed E-state index contributed by atoms with van der Waals surface area (Å²) in [5.74, 6) is 1.56. The fourth-order valence-electron chi connectivity index (χ4n) is 2.95. The van der Waals surface area contributed by atoms with Gasteiger partial charge in [-0.3, -0.25) is 5.43 Å². The van der Waals surface area contributed by atoms with Crippen LogP contribution in [0.3, 0.4) is 0 Å². The SMILES string of the molecule is CC1CCC(=NNc2nn3cnnc3c3ccccc23)CC1. The number of hydrazone groups is 1. The van der Waals surface area contributed by atoms with E-state index in [1.54, 1.807) is 10.8 Å². The summed E-state index contributed by atoms with van der Waals surface area (Å²) in [7, 11) is 0. The third-order valence-electron chi connectivity index (χ3n) is 4.33. The van der Waals surface area contributed by atoms with Crippen molar-refractivity contribution in [2.24, 2.45) is 11.0 Å². The molecule has 0 spiro atoms. The fraction of sp³-hybridized carbons (Fsp3) is 0.375. The summed E-state index contributed by atoms with van der Waals surface area (Å²) in [6.07, 6.45) is 6.20. The molecule has 0 amide bonds. The topological polar surface area (TPSA) is 67.5 Å². The molecule has 0 radical (unpaired) electrons. The molecule has 0 unspecified atom stereocenters. The lowest BCUT2D eigenvalue weighted by atomic mass is 9.90. The van der Waals surface area contributed by atoms with Gasteiger partial charge in [0, 0.05) is 16.5 Å². The molecule has 6 nitrogen and oxygen atoms in total. The van der Waals surface area contributed by atoms with Crippen molar-refractivity contribution >= 4 is 27.9 Å². The van der Waals surface area contributed by atoms with Crippen molar-refractivity contribution in [1.29, 1.82) is 0 Å². The van der Waals surface area contributed by atoms with E-state index in [0.717, 1.165) is 41.0 Å². The maximum Gasteiger partial charge on any atom is 0.185 e. The van der Waals surface area contributed by atoms with Gasteiger partial charge in [0.1, 0.15) is 6.33 Å². The molecular formula is C16H18N6. The largest absolute Gasteiger partial charge is 0.259 e. The first-order chi connectivity index (χ1) is 10.8. The van der Waals surface area contributed by atoms with Crippen LogP contribution in [0.1, 0.15) is 32.6 Å². The minimum atomic E-state index is 0.744. The molecule has 1 fully saturated rings. The summed E-state index contributed by atoms with van der Waals surface area (Å²) in [6.45, 7) is 2.30. The van der Waals surface area contributed by atoms with Crippen LogP contribution in [-0.4, -0.2) is 25.5 Å². The smallest absolute Gasteiger partial charge is 0.185 e. The van der Waals surface area contributed by atoms with Gasteiger partial charge >= 0.3 is 0 Å². The Hall–Kier alpha value is -2.50. The van der Waals surface area contributed by atoms with E-state index in [-0.39, 0.29) is 0 Å². The van der Waals surface area contributed by atoms with Crippen LogP contribution in [-0.2, 0) is 0 Å². The number of nitrogens with one attached hydrogen (secondary N) is 1. The zero-order valence-corrected chi connectivity index (χ0v) is 12.5. The number of rotatable bonds is 2. The average Bonchev–Trinajstić information content (AvgIpc) is 3.03. The summed E-state index contributed by atoms with van der Waals surface area (Å²) in [5, 5.41) is 19.2. The Morgan fingerprint density at radius 1 is 1.18 bits per heavy atom. The molecule has 0 aliphatic heterocycles. The molecule has 0 bridgehead atoms. The normalized spacial score (nSPS) is 18.8. The highest BCUT2D eigenvalue weighted by Crippen LogP contribution is 2.25. The van der Waals surface area contributed by atoms with Crippen molar-refractivity contribution in [2.45, 2.75) is 32.6 Å². The number of aromatic nitrogens is 4. The Kier molecular flexibility index (Phi) is 3.21. The van der Waals surface area contributed by atoms with E-state index in [1.165, 1.54) is 18.6 Å². The number of fused-ring (bicyclic) bond motifs is 3. The molecule has 112 valence electrons. The zero-order chi connectivity index (χ0) is 14.9. The van der Waals surface area contributed by atoms with E-state index in [1.807, 2.05) is 24.3 Å². The molecule has 1 N–H and O–H groups in total. The highest BCUT2D eigenvalue weighted by atomic mass is 15.4. The van der Waals surface area contributed by atoms with Gasteiger partial charge < -0.3 is 0 Å². The van der Waals surface area contributed by atoms with Crippen molar-refractivity contribution in [1.82, 2.24) is 19.8 Å². The molecule has 2 aromatic heterocycles. The summed E-state index contributed by atoms with van der Waals surface area (Å²) in [5.41, 5.74) is 5.15. The number of anilines is 1. The number of hydrogen-bond acceptors (Lipinski definition) is 5. The Balaban J connectivity index is 1.72. The molecule has 22 heavy (non-hydrogen) atoms. The van der Waals surface area contributed by atoms with Crippen LogP contribution in [0.15, 0.2) is 35.7 Å². The molecule has 3 aromatic rings. The standard InChI is InChI=1S/C16H18N6/c1-11-6-8-12(9-7-11)18-19-15-13-4-2-3-5-14(13)16-20-17-10-22(16)21-15/h2-5,10-11H,6-9H2,1H3,(H,19,21). The van der Waals surface area contributed by atoms with Crippen LogP contribution >= 0.6 is 0 Å².